The fourth-order valence-electron chi connectivity index (χ4n) is 4.65. The van der Waals surface area contributed by atoms with Crippen LogP contribution in [0.15, 0.2) is 0 Å². The number of rotatable bonds is 6. The van der Waals surface area contributed by atoms with Crippen LogP contribution in [0.3, 0.4) is 0 Å². The zero-order valence-corrected chi connectivity index (χ0v) is 17.5. The van der Waals surface area contributed by atoms with E-state index in [9.17, 15) is 24.0 Å². The highest BCUT2D eigenvalue weighted by molar-refractivity contribution is 7.99. The Bertz CT molecular complexity index is 980. The van der Waals surface area contributed by atoms with Gasteiger partial charge in [-0.05, 0) is 12.7 Å². The molecule has 0 spiro atoms. The molecule has 4 rings (SSSR count). The molecule has 14 heteroatoms. The van der Waals surface area contributed by atoms with E-state index in [1.165, 1.54) is 26.2 Å². The summed E-state index contributed by atoms with van der Waals surface area (Å²) < 4.78 is 1.17. The molecule has 13 nitrogen and oxygen atoms in total. The predicted octanol–water partition coefficient (Wildman–Crippen LogP) is -2.92. The number of nitrogens with zero attached hydrogens (tertiary/aromatic N) is 5. The van der Waals surface area contributed by atoms with Gasteiger partial charge in [-0.15, -0.1) is 5.10 Å². The fourth-order valence-corrected chi connectivity index (χ4v) is 5.00. The average molecular weight is 450 g/mol. The molecule has 31 heavy (non-hydrogen) atoms. The van der Waals surface area contributed by atoms with E-state index < -0.39 is 36.0 Å². The minimum absolute atomic E-state index is 0.0902. The van der Waals surface area contributed by atoms with Gasteiger partial charge >= 0.3 is 0 Å². The molecule has 3 fully saturated rings. The van der Waals surface area contributed by atoms with E-state index in [0.717, 1.165) is 0 Å². The molecule has 3 aliphatic heterocycles. The summed E-state index contributed by atoms with van der Waals surface area (Å²) in [5, 5.41) is 10.3. The highest BCUT2D eigenvalue weighted by Gasteiger charge is 2.55. The summed E-state index contributed by atoms with van der Waals surface area (Å²) in [5.74, 6) is -2.29. The van der Waals surface area contributed by atoms with Crippen molar-refractivity contribution in [2.45, 2.75) is 37.0 Å². The van der Waals surface area contributed by atoms with Crippen LogP contribution in [0.4, 0.5) is 0 Å². The SMILES string of the molecule is CSCC(=O)NC1CCN2C(=O)C3CC(n4nnc(C(N)=O)c4C(N)=O)CN3C(=O)C12. The lowest BCUT2D eigenvalue weighted by Gasteiger charge is -2.40. The molecule has 166 valence electrons. The van der Waals surface area contributed by atoms with Gasteiger partial charge in [0, 0.05) is 19.5 Å². The smallest absolute Gasteiger partial charge is 0.271 e. The molecule has 0 bridgehead atoms. The summed E-state index contributed by atoms with van der Waals surface area (Å²) in [7, 11) is 0. The van der Waals surface area contributed by atoms with Crippen LogP contribution in [0.2, 0.25) is 0 Å². The summed E-state index contributed by atoms with van der Waals surface area (Å²) in [6.45, 7) is 0.461. The maximum atomic E-state index is 13.3. The van der Waals surface area contributed by atoms with Crippen LogP contribution in [-0.2, 0) is 14.4 Å². The maximum absolute atomic E-state index is 13.3. The molecule has 1 aromatic rings. The minimum Gasteiger partial charge on any atom is -0.364 e. The van der Waals surface area contributed by atoms with Crippen molar-refractivity contribution in [2.24, 2.45) is 11.5 Å². The third kappa shape index (κ3) is 3.40. The Morgan fingerprint density at radius 3 is 2.55 bits per heavy atom. The Labute approximate surface area is 180 Å². The van der Waals surface area contributed by atoms with Gasteiger partial charge in [0.25, 0.3) is 11.8 Å². The zero-order valence-electron chi connectivity index (χ0n) is 16.7. The number of piperazine rings is 1. The van der Waals surface area contributed by atoms with Gasteiger partial charge in [-0.1, -0.05) is 5.21 Å². The maximum Gasteiger partial charge on any atom is 0.271 e. The van der Waals surface area contributed by atoms with Gasteiger partial charge in [0.15, 0.2) is 11.4 Å². The van der Waals surface area contributed by atoms with Crippen LogP contribution in [0.1, 0.15) is 39.9 Å². The van der Waals surface area contributed by atoms with Crippen molar-refractivity contribution in [3.05, 3.63) is 11.4 Å². The monoisotopic (exact) mass is 450 g/mol. The molecule has 3 aliphatic rings. The first-order chi connectivity index (χ1) is 14.7. The topological polar surface area (TPSA) is 187 Å². The molecular formula is C17H22N8O5S. The lowest BCUT2D eigenvalue weighted by molar-refractivity contribution is -0.157. The first-order valence-corrected chi connectivity index (χ1v) is 11.1. The second-order valence-electron chi connectivity index (χ2n) is 7.73. The number of primary amides is 2. The van der Waals surface area contributed by atoms with E-state index in [1.54, 1.807) is 6.26 Å². The third-order valence-electron chi connectivity index (χ3n) is 5.91. The van der Waals surface area contributed by atoms with Crippen LogP contribution in [0.25, 0.3) is 0 Å². The van der Waals surface area contributed by atoms with E-state index in [4.69, 9.17) is 11.5 Å². The van der Waals surface area contributed by atoms with E-state index in [1.807, 2.05) is 0 Å². The van der Waals surface area contributed by atoms with Gasteiger partial charge < -0.3 is 26.6 Å². The minimum atomic E-state index is -0.951. The van der Waals surface area contributed by atoms with Crippen molar-refractivity contribution in [2.75, 3.05) is 25.1 Å². The number of carbonyl (C=O) groups excluding carboxylic acids is 5. The number of fused-ring (bicyclic) bond motifs is 2. The number of hydrogen-bond acceptors (Lipinski definition) is 8. The standard InChI is InChI=1S/C17H22N8O5S/c1-31-6-10(26)20-8-2-3-23-12(8)17(30)24-5-7(4-9(24)16(23)29)25-13(15(19)28)11(14(18)27)21-22-25/h7-9,12H,2-6H2,1H3,(H2,18,27)(H2,19,28)(H,20,26). The molecule has 4 heterocycles. The number of amides is 5. The summed E-state index contributed by atoms with van der Waals surface area (Å²) >= 11 is 1.37. The van der Waals surface area contributed by atoms with Crippen molar-refractivity contribution in [3.8, 4) is 0 Å². The Morgan fingerprint density at radius 2 is 1.90 bits per heavy atom. The Kier molecular flexibility index (Phi) is 5.33. The van der Waals surface area contributed by atoms with Gasteiger partial charge in [0.1, 0.15) is 12.1 Å². The van der Waals surface area contributed by atoms with Gasteiger partial charge in [-0.2, -0.15) is 11.8 Å². The van der Waals surface area contributed by atoms with Crippen LogP contribution in [0.5, 0.6) is 0 Å². The Balaban J connectivity index is 1.59. The van der Waals surface area contributed by atoms with Gasteiger partial charge in [-0.25, -0.2) is 4.68 Å². The van der Waals surface area contributed by atoms with Crippen molar-refractivity contribution in [1.82, 2.24) is 30.1 Å². The Morgan fingerprint density at radius 1 is 1.16 bits per heavy atom. The molecule has 4 atom stereocenters. The molecule has 5 amide bonds. The molecule has 0 radical (unpaired) electrons. The van der Waals surface area contributed by atoms with Crippen LogP contribution in [0, 0.1) is 0 Å². The van der Waals surface area contributed by atoms with E-state index in [-0.39, 0.29) is 47.8 Å². The summed E-state index contributed by atoms with van der Waals surface area (Å²) in [4.78, 5) is 64.8. The number of nitrogens with one attached hydrogen (secondary N) is 1. The number of carbonyl (C=O) groups is 5. The van der Waals surface area contributed by atoms with Gasteiger partial charge in [0.2, 0.25) is 17.7 Å². The van der Waals surface area contributed by atoms with Crippen molar-refractivity contribution >= 4 is 41.3 Å². The highest BCUT2D eigenvalue weighted by atomic mass is 32.2. The second kappa shape index (κ2) is 7.83. The first kappa shape index (κ1) is 21.1. The lowest BCUT2D eigenvalue weighted by Crippen LogP contribution is -2.64. The van der Waals surface area contributed by atoms with E-state index in [0.29, 0.717) is 13.0 Å². The number of aromatic nitrogens is 3. The molecular weight excluding hydrogens is 428 g/mol. The van der Waals surface area contributed by atoms with Crippen molar-refractivity contribution in [1.29, 1.82) is 0 Å². The van der Waals surface area contributed by atoms with Crippen LogP contribution in [-0.4, -0.2) is 97.6 Å². The van der Waals surface area contributed by atoms with Gasteiger partial charge in [-0.3, -0.25) is 24.0 Å². The molecule has 0 aromatic carbocycles. The van der Waals surface area contributed by atoms with Crippen molar-refractivity contribution in [3.63, 3.8) is 0 Å². The number of nitrogens with two attached hydrogens (primary N) is 2. The normalized spacial score (nSPS) is 27.3. The second-order valence-corrected chi connectivity index (χ2v) is 8.59. The third-order valence-corrected chi connectivity index (χ3v) is 6.46. The van der Waals surface area contributed by atoms with E-state index >= 15 is 0 Å². The predicted molar refractivity (Wildman–Crippen MR) is 107 cm³/mol. The fraction of sp³-hybridized carbons (Fsp3) is 0.588. The average Bonchev–Trinajstić information content (AvgIpc) is 3.42. The van der Waals surface area contributed by atoms with Crippen LogP contribution < -0.4 is 16.8 Å². The molecule has 0 aliphatic carbocycles. The highest BCUT2D eigenvalue weighted by Crippen LogP contribution is 2.36. The number of hydrogen-bond donors (Lipinski definition) is 3. The van der Waals surface area contributed by atoms with Gasteiger partial charge in [0.05, 0.1) is 17.8 Å². The Hall–Kier alpha value is -3.16. The van der Waals surface area contributed by atoms with Crippen LogP contribution >= 0.6 is 11.8 Å². The largest absolute Gasteiger partial charge is 0.364 e. The van der Waals surface area contributed by atoms with E-state index in [2.05, 4.69) is 15.6 Å². The molecule has 3 saturated heterocycles. The molecule has 0 saturated carbocycles. The quantitative estimate of drug-likeness (QED) is 0.411. The van der Waals surface area contributed by atoms with Crippen molar-refractivity contribution < 1.29 is 24.0 Å². The number of thioether (sulfide) groups is 1. The summed E-state index contributed by atoms with van der Waals surface area (Å²) in [6.07, 6.45) is 2.50. The molecule has 1 aromatic heterocycles. The molecule has 5 N–H and O–H groups in total. The first-order valence-electron chi connectivity index (χ1n) is 9.68. The lowest BCUT2D eigenvalue weighted by atomic mass is 10.0. The zero-order chi connectivity index (χ0) is 22.4. The molecule has 4 unspecified atom stereocenters. The summed E-state index contributed by atoms with van der Waals surface area (Å²) in [6, 6.07) is -2.52. The summed E-state index contributed by atoms with van der Waals surface area (Å²) in [5.41, 5.74) is 10.0.